The number of rotatable bonds is 4. The third kappa shape index (κ3) is 3.47. The van der Waals surface area contributed by atoms with Crippen LogP contribution in [0.25, 0.3) is 0 Å². The maximum atomic E-state index is 12.3. The Balaban J connectivity index is 1.52. The Morgan fingerprint density at radius 1 is 1.18 bits per heavy atom. The van der Waals surface area contributed by atoms with Crippen LogP contribution >= 0.6 is 0 Å². The van der Waals surface area contributed by atoms with Crippen molar-refractivity contribution < 1.29 is 9.53 Å². The van der Waals surface area contributed by atoms with Crippen LogP contribution in [0.4, 0.5) is 5.95 Å². The fraction of sp³-hybridized carbons (Fsp3) is 0.667. The van der Waals surface area contributed by atoms with Crippen LogP contribution in [0.15, 0.2) is 12.3 Å². The van der Waals surface area contributed by atoms with Gasteiger partial charge < -0.3 is 14.5 Å². The number of aromatic nitrogens is 2. The summed E-state index contributed by atoms with van der Waals surface area (Å²) in [4.78, 5) is 27.3. The van der Waals surface area contributed by atoms with E-state index >= 15 is 0 Å². The first-order chi connectivity index (χ1) is 10.8. The molecule has 22 heavy (non-hydrogen) atoms. The lowest BCUT2D eigenvalue weighted by molar-refractivity contribution is -0.132. The highest BCUT2D eigenvalue weighted by Gasteiger charge is 2.24. The Bertz CT molecular complexity index is 510. The third-order valence-corrected chi connectivity index (χ3v) is 4.30. The van der Waals surface area contributed by atoms with Crippen molar-refractivity contribution in [3.63, 3.8) is 0 Å². The summed E-state index contributed by atoms with van der Waals surface area (Å²) in [7, 11) is 1.60. The van der Waals surface area contributed by atoms with Gasteiger partial charge in [0.05, 0.1) is 13.7 Å². The summed E-state index contributed by atoms with van der Waals surface area (Å²) >= 11 is 0. The monoisotopic (exact) mass is 305 g/mol. The molecule has 0 aliphatic carbocycles. The molecule has 2 aliphatic rings. The number of carbonyl (C=O) groups is 1. The van der Waals surface area contributed by atoms with Crippen LogP contribution in [-0.2, 0) is 4.79 Å². The van der Waals surface area contributed by atoms with E-state index in [9.17, 15) is 4.79 Å². The SMILES string of the molecule is COc1ccnc(N2CCN(C(=O)CN3CCCC3)CC2)n1. The number of piperazine rings is 1. The molecule has 0 aromatic carbocycles. The first-order valence-electron chi connectivity index (χ1n) is 7.88. The molecule has 1 aromatic heterocycles. The van der Waals surface area contributed by atoms with E-state index in [0.717, 1.165) is 39.3 Å². The lowest BCUT2D eigenvalue weighted by Gasteiger charge is -2.35. The van der Waals surface area contributed by atoms with E-state index in [0.29, 0.717) is 18.4 Å². The molecule has 120 valence electrons. The normalized spacial score (nSPS) is 19.5. The van der Waals surface area contributed by atoms with Gasteiger partial charge in [-0.25, -0.2) is 4.98 Å². The lowest BCUT2D eigenvalue weighted by Crippen LogP contribution is -2.51. The van der Waals surface area contributed by atoms with Gasteiger partial charge in [0, 0.05) is 38.4 Å². The topological polar surface area (TPSA) is 61.8 Å². The molecule has 0 bridgehead atoms. The van der Waals surface area contributed by atoms with E-state index in [1.54, 1.807) is 19.4 Å². The molecular weight excluding hydrogens is 282 g/mol. The highest BCUT2D eigenvalue weighted by Crippen LogP contribution is 2.15. The van der Waals surface area contributed by atoms with Gasteiger partial charge in [-0.1, -0.05) is 0 Å². The molecule has 2 aliphatic heterocycles. The van der Waals surface area contributed by atoms with E-state index in [1.807, 2.05) is 4.90 Å². The molecule has 3 rings (SSSR count). The van der Waals surface area contributed by atoms with Gasteiger partial charge in [0.15, 0.2) is 0 Å². The predicted molar refractivity (Wildman–Crippen MR) is 83.1 cm³/mol. The van der Waals surface area contributed by atoms with Crippen molar-refractivity contribution in [1.29, 1.82) is 0 Å². The van der Waals surface area contributed by atoms with Gasteiger partial charge in [-0.15, -0.1) is 0 Å². The zero-order chi connectivity index (χ0) is 15.4. The highest BCUT2D eigenvalue weighted by atomic mass is 16.5. The first-order valence-corrected chi connectivity index (χ1v) is 7.88. The molecular formula is C15H23N5O2. The highest BCUT2D eigenvalue weighted by molar-refractivity contribution is 5.78. The van der Waals surface area contributed by atoms with Crippen LogP contribution in [0.5, 0.6) is 5.88 Å². The van der Waals surface area contributed by atoms with Crippen LogP contribution < -0.4 is 9.64 Å². The van der Waals surface area contributed by atoms with Crippen LogP contribution in [0, 0.1) is 0 Å². The molecule has 7 heteroatoms. The zero-order valence-electron chi connectivity index (χ0n) is 13.1. The maximum absolute atomic E-state index is 12.3. The number of likely N-dealkylation sites (tertiary alicyclic amines) is 1. The van der Waals surface area contributed by atoms with Crippen molar-refractivity contribution in [2.75, 3.05) is 57.8 Å². The Kier molecular flexibility index (Phi) is 4.72. The number of nitrogens with zero attached hydrogens (tertiary/aromatic N) is 5. The summed E-state index contributed by atoms with van der Waals surface area (Å²) in [6.45, 7) is 5.67. The lowest BCUT2D eigenvalue weighted by atomic mass is 10.3. The molecule has 0 N–H and O–H groups in total. The minimum atomic E-state index is 0.244. The second-order valence-electron chi connectivity index (χ2n) is 5.75. The minimum absolute atomic E-state index is 0.244. The van der Waals surface area contributed by atoms with Crippen LogP contribution in [0.2, 0.25) is 0 Å². The van der Waals surface area contributed by atoms with E-state index in [1.165, 1.54) is 12.8 Å². The molecule has 0 radical (unpaired) electrons. The molecule has 1 aromatic rings. The summed E-state index contributed by atoms with van der Waals surface area (Å²) < 4.78 is 5.13. The van der Waals surface area contributed by atoms with Crippen molar-refractivity contribution in [2.24, 2.45) is 0 Å². The molecule has 1 amide bonds. The Hall–Kier alpha value is -1.89. The Morgan fingerprint density at radius 3 is 2.59 bits per heavy atom. The number of ether oxygens (including phenoxy) is 1. The van der Waals surface area contributed by atoms with E-state index < -0.39 is 0 Å². The van der Waals surface area contributed by atoms with E-state index in [2.05, 4.69) is 19.8 Å². The summed E-state index contributed by atoms with van der Waals surface area (Å²) in [5.41, 5.74) is 0. The zero-order valence-corrected chi connectivity index (χ0v) is 13.1. The molecule has 7 nitrogen and oxygen atoms in total. The van der Waals surface area contributed by atoms with E-state index in [-0.39, 0.29) is 5.91 Å². The summed E-state index contributed by atoms with van der Waals surface area (Å²) in [5, 5.41) is 0. The van der Waals surface area contributed by atoms with Gasteiger partial charge in [0.1, 0.15) is 0 Å². The molecule has 3 heterocycles. The minimum Gasteiger partial charge on any atom is -0.481 e. The molecule has 0 spiro atoms. The molecule has 2 fully saturated rings. The Morgan fingerprint density at radius 2 is 1.91 bits per heavy atom. The number of hydrogen-bond donors (Lipinski definition) is 0. The van der Waals surface area contributed by atoms with Gasteiger partial charge in [-0.3, -0.25) is 9.69 Å². The fourth-order valence-corrected chi connectivity index (χ4v) is 2.99. The van der Waals surface area contributed by atoms with Crippen LogP contribution in [0.1, 0.15) is 12.8 Å². The van der Waals surface area contributed by atoms with Gasteiger partial charge in [0.25, 0.3) is 0 Å². The van der Waals surface area contributed by atoms with Gasteiger partial charge in [0.2, 0.25) is 17.7 Å². The van der Waals surface area contributed by atoms with Crippen LogP contribution in [-0.4, -0.2) is 78.6 Å². The smallest absolute Gasteiger partial charge is 0.236 e. The molecule has 0 unspecified atom stereocenters. The molecule has 0 saturated carbocycles. The fourth-order valence-electron chi connectivity index (χ4n) is 2.99. The van der Waals surface area contributed by atoms with Crippen molar-refractivity contribution in [3.05, 3.63) is 12.3 Å². The number of amides is 1. The Labute approximate surface area is 130 Å². The van der Waals surface area contributed by atoms with Crippen molar-refractivity contribution in [2.45, 2.75) is 12.8 Å². The van der Waals surface area contributed by atoms with Gasteiger partial charge in [-0.2, -0.15) is 4.98 Å². The number of carbonyl (C=O) groups excluding carboxylic acids is 1. The quantitative estimate of drug-likeness (QED) is 0.793. The average Bonchev–Trinajstić information content (AvgIpc) is 3.08. The standard InChI is InChI=1S/C15H23N5O2/c1-22-13-4-5-16-15(17-13)20-10-8-19(9-11-20)14(21)12-18-6-2-3-7-18/h4-5H,2-3,6-12H2,1H3. The van der Waals surface area contributed by atoms with Crippen LogP contribution in [0.3, 0.4) is 0 Å². The largest absolute Gasteiger partial charge is 0.481 e. The van der Waals surface area contributed by atoms with Crippen molar-refractivity contribution in [1.82, 2.24) is 19.8 Å². The second-order valence-corrected chi connectivity index (χ2v) is 5.75. The summed E-state index contributed by atoms with van der Waals surface area (Å²) in [5.74, 6) is 1.48. The van der Waals surface area contributed by atoms with Crippen molar-refractivity contribution in [3.8, 4) is 5.88 Å². The summed E-state index contributed by atoms with van der Waals surface area (Å²) in [6.07, 6.45) is 4.13. The number of methoxy groups -OCH3 is 1. The van der Waals surface area contributed by atoms with E-state index in [4.69, 9.17) is 4.74 Å². The number of hydrogen-bond acceptors (Lipinski definition) is 6. The third-order valence-electron chi connectivity index (χ3n) is 4.30. The molecule has 0 atom stereocenters. The first kappa shape index (κ1) is 15.0. The predicted octanol–water partition coefficient (Wildman–Crippen LogP) is 0.230. The number of anilines is 1. The summed E-state index contributed by atoms with van der Waals surface area (Å²) in [6, 6.07) is 1.74. The maximum Gasteiger partial charge on any atom is 0.236 e. The van der Waals surface area contributed by atoms with Gasteiger partial charge in [-0.05, 0) is 25.9 Å². The van der Waals surface area contributed by atoms with Crippen molar-refractivity contribution >= 4 is 11.9 Å². The average molecular weight is 305 g/mol. The molecule has 2 saturated heterocycles. The second kappa shape index (κ2) is 6.91. The van der Waals surface area contributed by atoms with Gasteiger partial charge >= 0.3 is 0 Å².